The Labute approximate surface area is 226 Å². The van der Waals surface area contributed by atoms with Crippen molar-refractivity contribution in [3.05, 3.63) is 113 Å². The summed E-state index contributed by atoms with van der Waals surface area (Å²) in [5.41, 5.74) is 4.01. The van der Waals surface area contributed by atoms with Gasteiger partial charge in [0.25, 0.3) is 5.56 Å². The standard InChI is InChI=1S/C30H29N7O2/c1-39-25-12-5-21(6-13-25)28(26-4-2-3-15-32-26)37-27(38)14-7-22-20-33-30(35-29(22)37)34-23-8-10-24(11-9-23)36-18-16-31-17-19-36/h2-15,20,28,31H,16-19H2,1H3,(H,33,34,35). The summed E-state index contributed by atoms with van der Waals surface area (Å²) >= 11 is 0. The highest BCUT2D eigenvalue weighted by Gasteiger charge is 2.22. The molecule has 39 heavy (non-hydrogen) atoms. The predicted molar refractivity (Wildman–Crippen MR) is 153 cm³/mol. The number of benzene rings is 2. The molecule has 5 aromatic rings. The summed E-state index contributed by atoms with van der Waals surface area (Å²) in [5.74, 6) is 1.15. The summed E-state index contributed by atoms with van der Waals surface area (Å²) in [5, 5.41) is 7.44. The highest BCUT2D eigenvalue weighted by atomic mass is 16.5. The lowest BCUT2D eigenvalue weighted by Gasteiger charge is -2.29. The van der Waals surface area contributed by atoms with Gasteiger partial charge in [0.15, 0.2) is 0 Å². The van der Waals surface area contributed by atoms with Gasteiger partial charge in [-0.1, -0.05) is 18.2 Å². The first-order chi connectivity index (χ1) is 19.2. The van der Waals surface area contributed by atoms with E-state index in [0.29, 0.717) is 11.6 Å². The van der Waals surface area contributed by atoms with Crippen LogP contribution >= 0.6 is 0 Å². The first-order valence-corrected chi connectivity index (χ1v) is 13.0. The molecule has 1 unspecified atom stereocenters. The Morgan fingerprint density at radius 2 is 1.72 bits per heavy atom. The van der Waals surface area contributed by atoms with E-state index in [1.165, 1.54) is 5.69 Å². The van der Waals surface area contributed by atoms with Crippen molar-refractivity contribution in [2.45, 2.75) is 6.04 Å². The fraction of sp³-hybridized carbons (Fsp3) is 0.200. The minimum atomic E-state index is -0.491. The van der Waals surface area contributed by atoms with Crippen molar-refractivity contribution in [1.29, 1.82) is 0 Å². The molecule has 1 aliphatic heterocycles. The normalized spacial score (nSPS) is 14.2. The number of aromatic nitrogens is 4. The Balaban J connectivity index is 1.39. The molecule has 196 valence electrons. The maximum Gasteiger partial charge on any atom is 0.253 e. The number of nitrogens with zero attached hydrogens (tertiary/aromatic N) is 5. The van der Waals surface area contributed by atoms with Crippen molar-refractivity contribution < 1.29 is 4.74 Å². The van der Waals surface area contributed by atoms with Crippen molar-refractivity contribution in [1.82, 2.24) is 24.8 Å². The third-order valence-electron chi connectivity index (χ3n) is 6.93. The number of methoxy groups -OCH3 is 1. The average molecular weight is 520 g/mol. The fourth-order valence-electron chi connectivity index (χ4n) is 4.93. The second kappa shape index (κ2) is 10.9. The molecule has 0 radical (unpaired) electrons. The quantitative estimate of drug-likeness (QED) is 0.333. The first-order valence-electron chi connectivity index (χ1n) is 13.0. The lowest BCUT2D eigenvalue weighted by molar-refractivity contribution is 0.414. The molecule has 0 bridgehead atoms. The van der Waals surface area contributed by atoms with Gasteiger partial charge in [-0.05, 0) is 60.2 Å². The van der Waals surface area contributed by atoms with Crippen LogP contribution in [0.25, 0.3) is 11.0 Å². The van der Waals surface area contributed by atoms with E-state index in [0.717, 1.165) is 54.3 Å². The van der Waals surface area contributed by atoms with E-state index in [1.807, 2.05) is 54.6 Å². The van der Waals surface area contributed by atoms with Crippen molar-refractivity contribution >= 4 is 28.4 Å². The van der Waals surface area contributed by atoms with Crippen molar-refractivity contribution in [3.8, 4) is 5.75 Å². The van der Waals surface area contributed by atoms with Gasteiger partial charge in [0, 0.05) is 61.4 Å². The number of nitrogens with one attached hydrogen (secondary N) is 2. The Hall–Kier alpha value is -4.76. The van der Waals surface area contributed by atoms with Crippen molar-refractivity contribution in [2.24, 2.45) is 0 Å². The van der Waals surface area contributed by atoms with Crippen LogP contribution in [0.5, 0.6) is 5.75 Å². The smallest absolute Gasteiger partial charge is 0.253 e. The summed E-state index contributed by atoms with van der Waals surface area (Å²) in [7, 11) is 1.63. The molecule has 2 N–H and O–H groups in total. The van der Waals surface area contributed by atoms with Gasteiger partial charge in [-0.25, -0.2) is 4.98 Å². The summed E-state index contributed by atoms with van der Waals surface area (Å²) in [4.78, 5) is 29.7. The lowest BCUT2D eigenvalue weighted by atomic mass is 10.0. The number of anilines is 3. The van der Waals surface area contributed by atoms with Crippen molar-refractivity contribution in [2.75, 3.05) is 43.5 Å². The molecule has 1 fully saturated rings. The monoisotopic (exact) mass is 519 g/mol. The molecule has 6 rings (SSSR count). The molecule has 9 heteroatoms. The van der Waals surface area contributed by atoms with E-state index in [1.54, 1.807) is 36.2 Å². The van der Waals surface area contributed by atoms with Crippen molar-refractivity contribution in [3.63, 3.8) is 0 Å². The van der Waals surface area contributed by atoms with Crippen LogP contribution in [0.1, 0.15) is 17.3 Å². The van der Waals surface area contributed by atoms with E-state index >= 15 is 0 Å². The number of rotatable bonds is 7. The SMILES string of the molecule is COc1ccc(C(c2ccccn2)n2c(=O)ccc3cnc(Nc4ccc(N5CCNCC5)cc4)nc32)cc1. The maximum atomic E-state index is 13.4. The molecule has 2 aromatic carbocycles. The fourth-order valence-corrected chi connectivity index (χ4v) is 4.93. The summed E-state index contributed by atoms with van der Waals surface area (Å²) in [6, 6.07) is 24.4. The number of ether oxygens (including phenoxy) is 1. The number of pyridine rings is 2. The molecule has 0 amide bonds. The van der Waals surface area contributed by atoms with Crippen LogP contribution in [-0.4, -0.2) is 52.8 Å². The molecule has 3 aromatic heterocycles. The number of hydrogen-bond acceptors (Lipinski definition) is 8. The third-order valence-corrected chi connectivity index (χ3v) is 6.93. The van der Waals surface area contributed by atoms with Gasteiger partial charge in [-0.15, -0.1) is 0 Å². The van der Waals surface area contributed by atoms with Crippen LogP contribution in [0.3, 0.4) is 0 Å². The molecule has 0 spiro atoms. The van der Waals surface area contributed by atoms with Gasteiger partial charge < -0.3 is 20.3 Å². The van der Waals surface area contributed by atoms with Gasteiger partial charge in [0.05, 0.1) is 12.8 Å². The third kappa shape index (κ3) is 5.17. The maximum absolute atomic E-state index is 13.4. The van der Waals surface area contributed by atoms with Gasteiger partial charge in [0.1, 0.15) is 17.4 Å². The summed E-state index contributed by atoms with van der Waals surface area (Å²) in [6.45, 7) is 3.96. The second-order valence-corrected chi connectivity index (χ2v) is 9.35. The van der Waals surface area contributed by atoms with Gasteiger partial charge in [-0.2, -0.15) is 4.98 Å². The molecular formula is C30H29N7O2. The number of hydrogen-bond donors (Lipinski definition) is 2. The molecule has 1 aliphatic rings. The minimum absolute atomic E-state index is 0.181. The average Bonchev–Trinajstić information content (AvgIpc) is 3.00. The molecule has 0 saturated carbocycles. The zero-order chi connectivity index (χ0) is 26.6. The molecule has 1 atom stereocenters. The van der Waals surface area contributed by atoms with E-state index in [-0.39, 0.29) is 5.56 Å². The molecule has 9 nitrogen and oxygen atoms in total. The van der Waals surface area contributed by atoms with Crippen LogP contribution in [0, 0.1) is 0 Å². The topological polar surface area (TPSA) is 97.2 Å². The van der Waals surface area contributed by atoms with Crippen LogP contribution in [0.15, 0.2) is 96.1 Å². The van der Waals surface area contributed by atoms with Gasteiger partial charge >= 0.3 is 0 Å². The first kappa shape index (κ1) is 24.6. The van der Waals surface area contributed by atoms with Crippen LogP contribution in [-0.2, 0) is 0 Å². The largest absolute Gasteiger partial charge is 0.497 e. The lowest BCUT2D eigenvalue weighted by Crippen LogP contribution is -2.43. The Bertz CT molecular complexity index is 1610. The van der Waals surface area contributed by atoms with Gasteiger partial charge in [-0.3, -0.25) is 14.3 Å². The summed E-state index contributed by atoms with van der Waals surface area (Å²) < 4.78 is 7.03. The highest BCUT2D eigenvalue weighted by Crippen LogP contribution is 2.29. The second-order valence-electron chi connectivity index (χ2n) is 9.35. The number of piperazine rings is 1. The van der Waals surface area contributed by atoms with Crippen LogP contribution in [0.4, 0.5) is 17.3 Å². The molecule has 4 heterocycles. The van der Waals surface area contributed by atoms with Crippen LogP contribution < -0.4 is 25.8 Å². The van der Waals surface area contributed by atoms with Gasteiger partial charge in [0.2, 0.25) is 5.95 Å². The number of fused-ring (bicyclic) bond motifs is 1. The molecule has 1 saturated heterocycles. The molecule has 0 aliphatic carbocycles. The zero-order valence-corrected chi connectivity index (χ0v) is 21.6. The van der Waals surface area contributed by atoms with Crippen LogP contribution in [0.2, 0.25) is 0 Å². The minimum Gasteiger partial charge on any atom is -0.497 e. The Morgan fingerprint density at radius 3 is 2.44 bits per heavy atom. The zero-order valence-electron chi connectivity index (χ0n) is 21.6. The van der Waals surface area contributed by atoms with E-state index in [9.17, 15) is 4.79 Å². The highest BCUT2D eigenvalue weighted by molar-refractivity contribution is 5.76. The van der Waals surface area contributed by atoms with E-state index in [4.69, 9.17) is 9.72 Å². The molecular weight excluding hydrogens is 490 g/mol. The Kier molecular flexibility index (Phi) is 6.88. The van der Waals surface area contributed by atoms with E-state index < -0.39 is 6.04 Å². The Morgan fingerprint density at radius 1 is 0.923 bits per heavy atom. The summed E-state index contributed by atoms with van der Waals surface area (Å²) in [6.07, 6.45) is 3.47. The van der Waals surface area contributed by atoms with E-state index in [2.05, 4.69) is 37.6 Å². The predicted octanol–water partition coefficient (Wildman–Crippen LogP) is 3.99.